The fourth-order valence-corrected chi connectivity index (χ4v) is 1.79. The molecule has 8 nitrogen and oxygen atoms in total. The number of anilines is 1. The lowest BCUT2D eigenvalue weighted by atomic mass is 10.1. The van der Waals surface area contributed by atoms with Crippen LogP contribution in [-0.2, 0) is 22.6 Å². The third kappa shape index (κ3) is 3.08. The molecule has 0 saturated carbocycles. The van der Waals surface area contributed by atoms with Crippen LogP contribution in [0.5, 0.6) is 0 Å². The largest absolute Gasteiger partial charge is 0.463 e. The first kappa shape index (κ1) is 14.3. The molecule has 0 fully saturated rings. The molecule has 8 heteroatoms. The monoisotopic (exact) mass is 280 g/mol. The number of fused-ring (bicyclic) bond motifs is 1. The predicted octanol–water partition coefficient (Wildman–Crippen LogP) is -0.350. The number of rotatable bonds is 5. The summed E-state index contributed by atoms with van der Waals surface area (Å²) in [6, 6.07) is -0.590. The van der Waals surface area contributed by atoms with Crippen molar-refractivity contribution in [1.82, 2.24) is 9.55 Å². The van der Waals surface area contributed by atoms with Gasteiger partial charge >= 0.3 is 5.97 Å². The zero-order valence-electron chi connectivity index (χ0n) is 11.7. The minimum atomic E-state index is -0.590. The van der Waals surface area contributed by atoms with Gasteiger partial charge in [0.2, 0.25) is 0 Å². The summed E-state index contributed by atoms with van der Waals surface area (Å²) in [6.45, 7) is 4.94. The number of imidazole rings is 1. The molecule has 1 aromatic heterocycles. The molecule has 0 amide bonds. The second kappa shape index (κ2) is 5.91. The summed E-state index contributed by atoms with van der Waals surface area (Å²) >= 11 is 0. The Kier molecular flexibility index (Phi) is 4.23. The molecule has 1 aliphatic heterocycles. The predicted molar refractivity (Wildman–Crippen MR) is 74.9 cm³/mol. The summed E-state index contributed by atoms with van der Waals surface area (Å²) in [4.78, 5) is 19.9. The molecule has 0 saturated heterocycles. The standard InChI is InChI=1S/C12H20N6O2/c1-7(2)9(13)11(19)20-4-3-18-6-16-8-5-15-12(14)17-10(8)18/h6-7,9H,3-5,13H2,1-2H3,(H3,14,15,17)/t9-/m0/s1. The van der Waals surface area contributed by atoms with Gasteiger partial charge in [-0.25, -0.2) is 9.98 Å². The smallest absolute Gasteiger partial charge is 0.323 e. The van der Waals surface area contributed by atoms with Crippen molar-refractivity contribution in [3.8, 4) is 0 Å². The van der Waals surface area contributed by atoms with Gasteiger partial charge in [-0.15, -0.1) is 0 Å². The summed E-state index contributed by atoms with van der Waals surface area (Å²) in [5.74, 6) is 0.823. The third-order valence-electron chi connectivity index (χ3n) is 3.13. The minimum absolute atomic E-state index is 0.0566. The van der Waals surface area contributed by atoms with E-state index in [-0.39, 0.29) is 18.5 Å². The molecule has 5 N–H and O–H groups in total. The van der Waals surface area contributed by atoms with Gasteiger partial charge in [-0.05, 0) is 5.92 Å². The molecule has 1 aliphatic rings. The first-order valence-electron chi connectivity index (χ1n) is 6.52. The minimum Gasteiger partial charge on any atom is -0.463 e. The number of aliphatic imine (C=N–C) groups is 1. The Balaban J connectivity index is 1.87. The number of nitrogens with two attached hydrogens (primary N) is 2. The first-order chi connectivity index (χ1) is 9.49. The number of hydrogen-bond acceptors (Lipinski definition) is 7. The van der Waals surface area contributed by atoms with Gasteiger partial charge in [0.15, 0.2) is 5.96 Å². The number of hydrogen-bond donors (Lipinski definition) is 3. The van der Waals surface area contributed by atoms with E-state index in [4.69, 9.17) is 16.2 Å². The molecule has 2 heterocycles. The lowest BCUT2D eigenvalue weighted by Crippen LogP contribution is -2.37. The number of guanidine groups is 1. The van der Waals surface area contributed by atoms with Crippen LogP contribution < -0.4 is 16.8 Å². The molecule has 0 radical (unpaired) electrons. The highest BCUT2D eigenvalue weighted by Gasteiger charge is 2.19. The number of ether oxygens (including phenoxy) is 1. The van der Waals surface area contributed by atoms with Crippen molar-refractivity contribution >= 4 is 17.7 Å². The van der Waals surface area contributed by atoms with Crippen molar-refractivity contribution in [2.45, 2.75) is 33.0 Å². The van der Waals surface area contributed by atoms with Crippen LogP contribution in [0.4, 0.5) is 5.82 Å². The average Bonchev–Trinajstić information content (AvgIpc) is 2.80. The van der Waals surface area contributed by atoms with Crippen LogP contribution >= 0.6 is 0 Å². The maximum Gasteiger partial charge on any atom is 0.323 e. The van der Waals surface area contributed by atoms with Crippen molar-refractivity contribution < 1.29 is 9.53 Å². The van der Waals surface area contributed by atoms with E-state index in [0.717, 1.165) is 11.5 Å². The molecular weight excluding hydrogens is 260 g/mol. The molecule has 0 unspecified atom stereocenters. The van der Waals surface area contributed by atoms with Crippen molar-refractivity contribution in [3.63, 3.8) is 0 Å². The van der Waals surface area contributed by atoms with E-state index in [1.807, 2.05) is 18.4 Å². The van der Waals surface area contributed by atoms with Gasteiger partial charge < -0.3 is 26.1 Å². The Morgan fingerprint density at radius 2 is 2.35 bits per heavy atom. The number of esters is 1. The second-order valence-electron chi connectivity index (χ2n) is 5.00. The first-order valence-corrected chi connectivity index (χ1v) is 6.52. The van der Waals surface area contributed by atoms with Crippen LogP contribution in [0.25, 0.3) is 0 Å². The maximum absolute atomic E-state index is 11.6. The van der Waals surface area contributed by atoms with Gasteiger partial charge in [-0.2, -0.15) is 0 Å². The Morgan fingerprint density at radius 1 is 1.60 bits per heavy atom. The van der Waals surface area contributed by atoms with E-state index >= 15 is 0 Å². The van der Waals surface area contributed by atoms with E-state index in [1.165, 1.54) is 0 Å². The molecule has 20 heavy (non-hydrogen) atoms. The average molecular weight is 280 g/mol. The molecule has 110 valence electrons. The Morgan fingerprint density at radius 3 is 3.05 bits per heavy atom. The van der Waals surface area contributed by atoms with Gasteiger partial charge in [-0.1, -0.05) is 13.8 Å². The highest BCUT2D eigenvalue weighted by molar-refractivity contribution is 5.93. The van der Waals surface area contributed by atoms with Gasteiger partial charge in [0.05, 0.1) is 19.4 Å². The number of aromatic nitrogens is 2. The molecule has 0 aliphatic carbocycles. The summed E-state index contributed by atoms with van der Waals surface area (Å²) < 4.78 is 6.99. The highest BCUT2D eigenvalue weighted by Crippen LogP contribution is 2.18. The molecule has 1 atom stereocenters. The lowest BCUT2D eigenvalue weighted by molar-refractivity contribution is -0.146. The van der Waals surface area contributed by atoms with Gasteiger partial charge in [0, 0.05) is 0 Å². The second-order valence-corrected chi connectivity index (χ2v) is 5.00. The van der Waals surface area contributed by atoms with E-state index in [9.17, 15) is 4.79 Å². The van der Waals surface area contributed by atoms with Crippen LogP contribution in [0.1, 0.15) is 19.5 Å². The summed E-state index contributed by atoms with van der Waals surface area (Å²) in [6.07, 6.45) is 1.67. The topological polar surface area (TPSA) is 121 Å². The number of carbonyl (C=O) groups is 1. The number of carbonyl (C=O) groups excluding carboxylic acids is 1. The van der Waals surface area contributed by atoms with Crippen LogP contribution in [-0.4, -0.2) is 34.1 Å². The summed E-state index contributed by atoms with van der Waals surface area (Å²) in [5.41, 5.74) is 12.2. The van der Waals surface area contributed by atoms with Crippen LogP contribution in [0.3, 0.4) is 0 Å². The quantitative estimate of drug-likeness (QED) is 0.634. The van der Waals surface area contributed by atoms with Gasteiger partial charge in [0.25, 0.3) is 0 Å². The molecule has 0 bridgehead atoms. The van der Waals surface area contributed by atoms with E-state index in [0.29, 0.717) is 19.0 Å². The zero-order valence-corrected chi connectivity index (χ0v) is 11.7. The number of nitrogens with zero attached hydrogens (tertiary/aromatic N) is 3. The Labute approximate surface area is 117 Å². The van der Waals surface area contributed by atoms with Gasteiger partial charge in [-0.3, -0.25) is 4.79 Å². The molecule has 0 aromatic carbocycles. The van der Waals surface area contributed by atoms with Crippen LogP contribution in [0, 0.1) is 5.92 Å². The van der Waals surface area contributed by atoms with Crippen molar-refractivity contribution in [2.24, 2.45) is 22.4 Å². The highest BCUT2D eigenvalue weighted by atomic mass is 16.5. The Bertz CT molecular complexity index is 522. The normalized spacial score (nSPS) is 15.3. The van der Waals surface area contributed by atoms with E-state index in [1.54, 1.807) is 6.33 Å². The van der Waals surface area contributed by atoms with Crippen LogP contribution in [0.15, 0.2) is 11.3 Å². The fourth-order valence-electron chi connectivity index (χ4n) is 1.79. The van der Waals surface area contributed by atoms with Gasteiger partial charge in [0.1, 0.15) is 24.2 Å². The van der Waals surface area contributed by atoms with Crippen LogP contribution in [0.2, 0.25) is 0 Å². The fraction of sp³-hybridized carbons (Fsp3) is 0.583. The maximum atomic E-state index is 11.6. The van der Waals surface area contributed by atoms with Crippen molar-refractivity contribution in [2.75, 3.05) is 11.9 Å². The van der Waals surface area contributed by atoms with E-state index < -0.39 is 6.04 Å². The van der Waals surface area contributed by atoms with Crippen molar-refractivity contribution in [3.05, 3.63) is 12.0 Å². The molecule has 2 rings (SSSR count). The zero-order chi connectivity index (χ0) is 14.7. The van der Waals surface area contributed by atoms with Crippen molar-refractivity contribution in [1.29, 1.82) is 0 Å². The summed E-state index contributed by atoms with van der Waals surface area (Å²) in [7, 11) is 0. The lowest BCUT2D eigenvalue weighted by Gasteiger charge is -2.16. The van der Waals surface area contributed by atoms with E-state index in [2.05, 4.69) is 15.3 Å². The molecular formula is C12H20N6O2. The molecule has 0 spiro atoms. The summed E-state index contributed by atoms with van der Waals surface area (Å²) in [5, 5.41) is 2.95. The third-order valence-corrected chi connectivity index (χ3v) is 3.13. The Hall–Kier alpha value is -2.09. The SMILES string of the molecule is CC(C)[C@H](N)C(=O)OCCn1cnc2c1NC(N)=NC2. The number of nitrogens with one attached hydrogen (secondary N) is 1. The molecule has 1 aromatic rings.